The first-order valence-electron chi connectivity index (χ1n) is 6.33. The van der Waals surface area contributed by atoms with Gasteiger partial charge in [-0.1, -0.05) is 12.1 Å². The van der Waals surface area contributed by atoms with E-state index in [1.165, 1.54) is 6.07 Å². The summed E-state index contributed by atoms with van der Waals surface area (Å²) in [6, 6.07) is 6.38. The van der Waals surface area contributed by atoms with E-state index >= 15 is 0 Å². The van der Waals surface area contributed by atoms with Gasteiger partial charge in [0.15, 0.2) is 0 Å². The number of hydrogen-bond acceptors (Lipinski definition) is 5. The third-order valence-electron chi connectivity index (χ3n) is 3.73. The second-order valence-electron chi connectivity index (χ2n) is 5.09. The van der Waals surface area contributed by atoms with Gasteiger partial charge in [-0.25, -0.2) is 0 Å². The zero-order valence-electron chi connectivity index (χ0n) is 11.2. The SMILES string of the molecule is CN1CCN(C(C)(O)c2ccccc2[N+](=O)[O-])CC1. The molecule has 104 valence electrons. The summed E-state index contributed by atoms with van der Waals surface area (Å²) in [5, 5.41) is 21.8. The minimum absolute atomic E-state index is 0.0357. The first-order valence-corrected chi connectivity index (χ1v) is 6.33. The molecule has 1 aliphatic heterocycles. The molecule has 0 aliphatic carbocycles. The van der Waals surface area contributed by atoms with Crippen LogP contribution in [0.5, 0.6) is 0 Å². The van der Waals surface area contributed by atoms with Crippen molar-refractivity contribution < 1.29 is 10.0 Å². The van der Waals surface area contributed by atoms with E-state index in [0.29, 0.717) is 18.7 Å². The van der Waals surface area contributed by atoms with Crippen molar-refractivity contribution >= 4 is 5.69 Å². The van der Waals surface area contributed by atoms with E-state index in [2.05, 4.69) is 4.90 Å². The Balaban J connectivity index is 2.31. The molecule has 0 radical (unpaired) electrons. The smallest absolute Gasteiger partial charge is 0.276 e. The first kappa shape index (κ1) is 13.9. The van der Waals surface area contributed by atoms with Crippen molar-refractivity contribution in [1.29, 1.82) is 0 Å². The van der Waals surface area contributed by atoms with Crippen molar-refractivity contribution in [3.05, 3.63) is 39.9 Å². The van der Waals surface area contributed by atoms with Gasteiger partial charge in [0.1, 0.15) is 5.72 Å². The van der Waals surface area contributed by atoms with Gasteiger partial charge in [0.25, 0.3) is 5.69 Å². The topological polar surface area (TPSA) is 69.8 Å². The molecule has 2 rings (SSSR count). The lowest BCUT2D eigenvalue weighted by atomic mass is 10.00. The lowest BCUT2D eigenvalue weighted by molar-refractivity contribution is -0.387. The molecule has 0 aromatic heterocycles. The summed E-state index contributed by atoms with van der Waals surface area (Å²) in [6.07, 6.45) is 0. The highest BCUT2D eigenvalue weighted by molar-refractivity contribution is 5.43. The average molecular weight is 265 g/mol. The number of benzene rings is 1. The molecule has 1 N–H and O–H groups in total. The van der Waals surface area contributed by atoms with E-state index in [-0.39, 0.29) is 5.69 Å². The highest BCUT2D eigenvalue weighted by atomic mass is 16.6. The highest BCUT2D eigenvalue weighted by Crippen LogP contribution is 2.32. The molecule has 1 fully saturated rings. The third-order valence-corrected chi connectivity index (χ3v) is 3.73. The number of rotatable bonds is 3. The molecule has 0 saturated carbocycles. The second-order valence-corrected chi connectivity index (χ2v) is 5.09. The van der Waals surface area contributed by atoms with Gasteiger partial charge in [0.2, 0.25) is 0 Å². The maximum Gasteiger partial charge on any atom is 0.276 e. The summed E-state index contributed by atoms with van der Waals surface area (Å²) in [4.78, 5) is 14.7. The van der Waals surface area contributed by atoms with Crippen molar-refractivity contribution in [2.24, 2.45) is 0 Å². The monoisotopic (exact) mass is 265 g/mol. The van der Waals surface area contributed by atoms with Gasteiger partial charge < -0.3 is 10.0 Å². The van der Waals surface area contributed by atoms with Crippen molar-refractivity contribution in [3.8, 4) is 0 Å². The number of aliphatic hydroxyl groups is 1. The van der Waals surface area contributed by atoms with E-state index < -0.39 is 10.6 Å². The molecule has 0 bridgehead atoms. The second kappa shape index (κ2) is 5.24. The molecule has 1 aromatic rings. The largest absolute Gasteiger partial charge is 0.371 e. The predicted octanol–water partition coefficient (Wildman–Crippen LogP) is 1.01. The van der Waals surface area contributed by atoms with Crippen LogP contribution < -0.4 is 0 Å². The van der Waals surface area contributed by atoms with Crippen LogP contribution in [0.3, 0.4) is 0 Å². The Hall–Kier alpha value is -1.50. The Morgan fingerprint density at radius 1 is 1.26 bits per heavy atom. The molecule has 1 atom stereocenters. The predicted molar refractivity (Wildman–Crippen MR) is 71.7 cm³/mol. The maximum absolute atomic E-state index is 11.1. The summed E-state index contributed by atoms with van der Waals surface area (Å²) in [6.45, 7) is 4.69. The summed E-state index contributed by atoms with van der Waals surface area (Å²) in [7, 11) is 2.02. The van der Waals surface area contributed by atoms with Crippen LogP contribution in [-0.2, 0) is 5.72 Å². The summed E-state index contributed by atoms with van der Waals surface area (Å²) >= 11 is 0. The number of piperazine rings is 1. The lowest BCUT2D eigenvalue weighted by Gasteiger charge is -2.41. The van der Waals surface area contributed by atoms with E-state index in [1.807, 2.05) is 11.9 Å². The van der Waals surface area contributed by atoms with Gasteiger partial charge in [-0.3, -0.25) is 15.0 Å². The molecular weight excluding hydrogens is 246 g/mol. The number of nitro groups is 1. The molecular formula is C13H19N3O3. The molecule has 0 spiro atoms. The van der Waals surface area contributed by atoms with Crippen molar-refractivity contribution in [2.45, 2.75) is 12.6 Å². The Morgan fingerprint density at radius 3 is 2.42 bits per heavy atom. The first-order chi connectivity index (χ1) is 8.93. The molecule has 1 aliphatic rings. The Bertz CT molecular complexity index is 468. The average Bonchev–Trinajstić information content (AvgIpc) is 2.39. The van der Waals surface area contributed by atoms with Gasteiger partial charge in [0.05, 0.1) is 10.5 Å². The normalized spacial score (nSPS) is 21.0. The van der Waals surface area contributed by atoms with Crippen molar-refractivity contribution in [2.75, 3.05) is 33.2 Å². The van der Waals surface area contributed by atoms with Gasteiger partial charge >= 0.3 is 0 Å². The fourth-order valence-corrected chi connectivity index (χ4v) is 2.45. The molecule has 0 amide bonds. The Morgan fingerprint density at radius 2 is 1.84 bits per heavy atom. The maximum atomic E-state index is 11.1. The van der Waals surface area contributed by atoms with Crippen LogP contribution in [0.25, 0.3) is 0 Å². The van der Waals surface area contributed by atoms with Crippen molar-refractivity contribution in [1.82, 2.24) is 9.80 Å². The summed E-state index contributed by atoms with van der Waals surface area (Å²) in [5.41, 5.74) is -0.999. The van der Waals surface area contributed by atoms with Crippen LogP contribution in [0.4, 0.5) is 5.69 Å². The van der Waals surface area contributed by atoms with Crippen LogP contribution >= 0.6 is 0 Å². The van der Waals surface area contributed by atoms with Gasteiger partial charge in [-0.05, 0) is 20.0 Å². The van der Waals surface area contributed by atoms with E-state index in [1.54, 1.807) is 25.1 Å². The molecule has 6 heteroatoms. The minimum Gasteiger partial charge on any atom is -0.371 e. The Labute approximate surface area is 112 Å². The molecule has 1 unspecified atom stereocenters. The van der Waals surface area contributed by atoms with Crippen LogP contribution in [0.15, 0.2) is 24.3 Å². The van der Waals surface area contributed by atoms with E-state index in [9.17, 15) is 15.2 Å². The fourth-order valence-electron chi connectivity index (χ4n) is 2.45. The number of nitrogens with zero attached hydrogens (tertiary/aromatic N) is 3. The number of para-hydroxylation sites is 1. The molecule has 1 saturated heterocycles. The lowest BCUT2D eigenvalue weighted by Crippen LogP contribution is -2.53. The number of likely N-dealkylation sites (N-methyl/N-ethyl adjacent to an activating group) is 1. The number of hydrogen-bond donors (Lipinski definition) is 1. The van der Waals surface area contributed by atoms with Crippen LogP contribution in [0.1, 0.15) is 12.5 Å². The highest BCUT2D eigenvalue weighted by Gasteiger charge is 2.37. The zero-order valence-corrected chi connectivity index (χ0v) is 11.2. The quantitative estimate of drug-likeness (QED) is 0.652. The van der Waals surface area contributed by atoms with Crippen LogP contribution in [0.2, 0.25) is 0 Å². The zero-order chi connectivity index (χ0) is 14.0. The van der Waals surface area contributed by atoms with Crippen LogP contribution in [0, 0.1) is 10.1 Å². The molecule has 1 heterocycles. The van der Waals surface area contributed by atoms with Crippen molar-refractivity contribution in [3.63, 3.8) is 0 Å². The summed E-state index contributed by atoms with van der Waals surface area (Å²) < 4.78 is 0. The van der Waals surface area contributed by atoms with Crippen LogP contribution in [-0.4, -0.2) is 53.1 Å². The molecule has 6 nitrogen and oxygen atoms in total. The number of nitro benzene ring substituents is 1. The Kier molecular flexibility index (Phi) is 3.84. The van der Waals surface area contributed by atoms with E-state index in [4.69, 9.17) is 0 Å². The van der Waals surface area contributed by atoms with Gasteiger partial charge in [0, 0.05) is 32.2 Å². The fraction of sp³-hybridized carbons (Fsp3) is 0.538. The standard InChI is InChI=1S/C13H19N3O3/c1-13(17,15-9-7-14(2)8-10-15)11-5-3-4-6-12(11)16(18)19/h3-6,17H,7-10H2,1-2H3. The van der Waals surface area contributed by atoms with Gasteiger partial charge in [-0.2, -0.15) is 0 Å². The third kappa shape index (κ3) is 2.75. The molecule has 1 aromatic carbocycles. The summed E-state index contributed by atoms with van der Waals surface area (Å²) in [5.74, 6) is 0. The van der Waals surface area contributed by atoms with Gasteiger partial charge in [-0.15, -0.1) is 0 Å². The molecule has 19 heavy (non-hydrogen) atoms. The van der Waals surface area contributed by atoms with E-state index in [0.717, 1.165) is 13.1 Å². The minimum atomic E-state index is -1.31.